The summed E-state index contributed by atoms with van der Waals surface area (Å²) in [6, 6.07) is 0.303. The van der Waals surface area contributed by atoms with Gasteiger partial charge in [0.1, 0.15) is 5.54 Å². The van der Waals surface area contributed by atoms with Crippen molar-refractivity contribution in [3.05, 3.63) is 0 Å². The van der Waals surface area contributed by atoms with Gasteiger partial charge in [0.15, 0.2) is 0 Å². The minimum Gasteiger partial charge on any atom is -0.379 e. The van der Waals surface area contributed by atoms with Crippen molar-refractivity contribution >= 4 is 17.7 Å². The average molecular weight is 230 g/mol. The lowest BCUT2D eigenvalue weighted by Crippen LogP contribution is -2.59. The molecule has 2 unspecified atom stereocenters. The van der Waals surface area contributed by atoms with Gasteiger partial charge in [0.25, 0.3) is 0 Å². The van der Waals surface area contributed by atoms with Crippen LogP contribution in [-0.4, -0.2) is 53.7 Å². The van der Waals surface area contributed by atoms with Crippen LogP contribution in [0.2, 0.25) is 0 Å². The van der Waals surface area contributed by atoms with Crippen LogP contribution in [-0.2, 0) is 9.53 Å². The number of nitrogens with zero attached hydrogens (tertiary/aromatic N) is 1. The van der Waals surface area contributed by atoms with E-state index in [2.05, 4.69) is 6.92 Å². The molecule has 4 nitrogen and oxygen atoms in total. The maximum atomic E-state index is 12.2. The van der Waals surface area contributed by atoms with Gasteiger partial charge in [0.05, 0.1) is 6.61 Å². The molecular weight excluding hydrogens is 212 g/mol. The lowest BCUT2D eigenvalue weighted by Gasteiger charge is -2.37. The van der Waals surface area contributed by atoms with Gasteiger partial charge in [-0.15, -0.1) is 0 Å². The largest absolute Gasteiger partial charge is 0.379 e. The molecule has 2 atom stereocenters. The molecular formula is C10H18N2O2S. The molecule has 1 amide bonds. The molecule has 0 spiro atoms. The highest BCUT2D eigenvalue weighted by Crippen LogP contribution is 2.23. The number of carbonyl (C=O) groups excluding carboxylic acids is 1. The van der Waals surface area contributed by atoms with Crippen LogP contribution in [0, 0.1) is 0 Å². The van der Waals surface area contributed by atoms with Crippen LogP contribution in [0.5, 0.6) is 0 Å². The predicted octanol–water partition coefficient (Wildman–Crippen LogP) is 0.0681. The normalized spacial score (nSPS) is 36.9. The Bertz CT molecular complexity index is 254. The number of nitrogens with two attached hydrogens (primary N) is 1. The van der Waals surface area contributed by atoms with Crippen molar-refractivity contribution in [1.29, 1.82) is 0 Å². The third kappa shape index (κ3) is 2.14. The Hall–Kier alpha value is -0.260. The number of amides is 1. The number of rotatable bonds is 1. The van der Waals surface area contributed by atoms with Crippen LogP contribution >= 0.6 is 11.8 Å². The zero-order chi connectivity index (χ0) is 10.9. The molecule has 2 rings (SSSR count). The molecule has 5 heteroatoms. The summed E-state index contributed by atoms with van der Waals surface area (Å²) in [5.41, 5.74) is 5.32. The minimum absolute atomic E-state index is 0.0767. The highest BCUT2D eigenvalue weighted by atomic mass is 32.2. The maximum Gasteiger partial charge on any atom is 0.245 e. The van der Waals surface area contributed by atoms with E-state index in [1.807, 2.05) is 16.7 Å². The molecule has 0 aromatic heterocycles. The summed E-state index contributed by atoms with van der Waals surface area (Å²) in [7, 11) is 0. The molecule has 15 heavy (non-hydrogen) atoms. The van der Waals surface area contributed by atoms with Crippen molar-refractivity contribution < 1.29 is 9.53 Å². The van der Waals surface area contributed by atoms with E-state index in [9.17, 15) is 4.79 Å². The molecule has 2 saturated heterocycles. The number of thioether (sulfide) groups is 1. The Morgan fingerprint density at radius 2 is 2.47 bits per heavy atom. The molecule has 86 valence electrons. The molecule has 2 fully saturated rings. The Balaban J connectivity index is 2.05. The third-order valence-corrected chi connectivity index (χ3v) is 4.30. The van der Waals surface area contributed by atoms with Crippen LogP contribution in [0.25, 0.3) is 0 Å². The van der Waals surface area contributed by atoms with Gasteiger partial charge in [-0.05, 0) is 13.3 Å². The Morgan fingerprint density at radius 3 is 3.07 bits per heavy atom. The zero-order valence-corrected chi connectivity index (χ0v) is 9.89. The summed E-state index contributed by atoms with van der Waals surface area (Å²) in [5, 5.41) is 0. The molecule has 2 heterocycles. The molecule has 2 N–H and O–H groups in total. The molecule has 2 aliphatic heterocycles. The fourth-order valence-electron chi connectivity index (χ4n) is 2.06. The summed E-state index contributed by atoms with van der Waals surface area (Å²) in [5.74, 6) is 2.11. The van der Waals surface area contributed by atoms with E-state index < -0.39 is 5.54 Å². The number of carbonyl (C=O) groups is 1. The first-order chi connectivity index (χ1) is 7.13. The molecule has 0 radical (unpaired) electrons. The average Bonchev–Trinajstić information content (AvgIpc) is 2.66. The lowest BCUT2D eigenvalue weighted by molar-refractivity contribution is -0.138. The van der Waals surface area contributed by atoms with Crippen molar-refractivity contribution in [2.75, 3.05) is 31.3 Å². The fourth-order valence-corrected chi connectivity index (χ4v) is 3.08. The second-order valence-corrected chi connectivity index (χ2v) is 5.53. The molecule has 0 aromatic carbocycles. The van der Waals surface area contributed by atoms with Gasteiger partial charge in [-0.1, -0.05) is 0 Å². The van der Waals surface area contributed by atoms with E-state index in [1.54, 1.807) is 0 Å². The highest BCUT2D eigenvalue weighted by Gasteiger charge is 2.42. The Labute approximate surface area is 94.5 Å². The smallest absolute Gasteiger partial charge is 0.245 e. The Morgan fingerprint density at radius 1 is 1.67 bits per heavy atom. The molecule has 0 aliphatic carbocycles. The van der Waals surface area contributed by atoms with Crippen molar-refractivity contribution in [2.45, 2.75) is 24.9 Å². The van der Waals surface area contributed by atoms with Crippen LogP contribution in [0.4, 0.5) is 0 Å². The SMILES string of the molecule is CC1CSCCN1C(=O)C1(N)CCOC1. The fraction of sp³-hybridized carbons (Fsp3) is 0.900. The van der Waals surface area contributed by atoms with Crippen LogP contribution < -0.4 is 5.73 Å². The van der Waals surface area contributed by atoms with Gasteiger partial charge >= 0.3 is 0 Å². The van der Waals surface area contributed by atoms with Crippen molar-refractivity contribution in [1.82, 2.24) is 4.90 Å². The van der Waals surface area contributed by atoms with Gasteiger partial charge in [-0.2, -0.15) is 11.8 Å². The molecule has 0 saturated carbocycles. The molecule has 0 aromatic rings. The summed E-state index contributed by atoms with van der Waals surface area (Å²) < 4.78 is 5.23. The van der Waals surface area contributed by atoms with Gasteiger partial charge < -0.3 is 15.4 Å². The monoisotopic (exact) mass is 230 g/mol. The molecule has 0 bridgehead atoms. The van der Waals surface area contributed by atoms with E-state index in [1.165, 1.54) is 0 Å². The van der Waals surface area contributed by atoms with E-state index in [4.69, 9.17) is 10.5 Å². The van der Waals surface area contributed by atoms with E-state index >= 15 is 0 Å². The first-order valence-corrected chi connectivity index (χ1v) is 6.54. The topological polar surface area (TPSA) is 55.6 Å². The van der Waals surface area contributed by atoms with Gasteiger partial charge in [-0.3, -0.25) is 4.79 Å². The predicted molar refractivity (Wildman–Crippen MR) is 60.9 cm³/mol. The minimum atomic E-state index is -0.754. The van der Waals surface area contributed by atoms with Gasteiger partial charge in [-0.25, -0.2) is 0 Å². The number of hydrogen-bond donors (Lipinski definition) is 1. The standard InChI is InChI=1S/C10H18N2O2S/c1-8-6-15-5-3-12(8)9(13)10(11)2-4-14-7-10/h8H,2-7,11H2,1H3. The van der Waals surface area contributed by atoms with Crippen molar-refractivity contribution in [3.8, 4) is 0 Å². The van der Waals surface area contributed by atoms with E-state index in [0.717, 1.165) is 18.1 Å². The van der Waals surface area contributed by atoms with Crippen molar-refractivity contribution in [3.63, 3.8) is 0 Å². The highest BCUT2D eigenvalue weighted by molar-refractivity contribution is 7.99. The summed E-state index contributed by atoms with van der Waals surface area (Å²) in [6.07, 6.45) is 0.655. The summed E-state index contributed by atoms with van der Waals surface area (Å²) in [4.78, 5) is 14.2. The van der Waals surface area contributed by atoms with Gasteiger partial charge in [0, 0.05) is 30.7 Å². The first-order valence-electron chi connectivity index (χ1n) is 5.39. The summed E-state index contributed by atoms with van der Waals surface area (Å²) in [6.45, 7) is 3.90. The van der Waals surface area contributed by atoms with Crippen LogP contribution in [0.3, 0.4) is 0 Å². The van der Waals surface area contributed by atoms with Crippen molar-refractivity contribution in [2.24, 2.45) is 5.73 Å². The van der Waals surface area contributed by atoms with E-state index in [-0.39, 0.29) is 5.91 Å². The Kier molecular flexibility index (Phi) is 3.23. The quantitative estimate of drug-likeness (QED) is 0.692. The second kappa shape index (κ2) is 4.31. The van der Waals surface area contributed by atoms with E-state index in [0.29, 0.717) is 25.7 Å². The lowest BCUT2D eigenvalue weighted by atomic mass is 9.97. The maximum absolute atomic E-state index is 12.2. The second-order valence-electron chi connectivity index (χ2n) is 4.38. The van der Waals surface area contributed by atoms with Crippen LogP contribution in [0.15, 0.2) is 0 Å². The zero-order valence-electron chi connectivity index (χ0n) is 9.07. The first kappa shape index (κ1) is 11.2. The number of hydrogen-bond acceptors (Lipinski definition) is 4. The third-order valence-electron chi connectivity index (χ3n) is 3.11. The van der Waals surface area contributed by atoms with Crippen LogP contribution in [0.1, 0.15) is 13.3 Å². The number of ether oxygens (including phenoxy) is 1. The molecule has 2 aliphatic rings. The summed E-state index contributed by atoms with van der Waals surface area (Å²) >= 11 is 1.90. The van der Waals surface area contributed by atoms with Gasteiger partial charge in [0.2, 0.25) is 5.91 Å².